The van der Waals surface area contributed by atoms with E-state index in [0.29, 0.717) is 5.92 Å². The van der Waals surface area contributed by atoms with E-state index in [1.165, 1.54) is 40.7 Å². The summed E-state index contributed by atoms with van der Waals surface area (Å²) < 4.78 is 0. The summed E-state index contributed by atoms with van der Waals surface area (Å²) in [4.78, 5) is 0. The molecule has 0 heterocycles. The fraction of sp³-hybridized carbons (Fsp3) is 0.478. The summed E-state index contributed by atoms with van der Waals surface area (Å²) in [5.41, 5.74) is 6.81. The highest BCUT2D eigenvalue weighted by Crippen LogP contribution is 2.25. The fourth-order valence-corrected chi connectivity index (χ4v) is 2.91. The Hall–Kier alpha value is -1.56. The minimum Gasteiger partial charge on any atom is -0.0988 e. The summed E-state index contributed by atoms with van der Waals surface area (Å²) in [6, 6.07) is 0. The van der Waals surface area contributed by atoms with Crippen LogP contribution in [0.1, 0.15) is 60.8 Å². The highest BCUT2D eigenvalue weighted by atomic mass is 14.1. The Morgan fingerprint density at radius 2 is 1.96 bits per heavy atom. The van der Waals surface area contributed by atoms with E-state index in [1.54, 1.807) is 0 Å². The minimum atomic E-state index is 0.484. The van der Waals surface area contributed by atoms with Gasteiger partial charge in [0.25, 0.3) is 0 Å². The average Bonchev–Trinajstić information content (AvgIpc) is 2.58. The molecule has 2 unspecified atom stereocenters. The van der Waals surface area contributed by atoms with Gasteiger partial charge in [-0.2, -0.15) is 0 Å². The van der Waals surface area contributed by atoms with Crippen LogP contribution >= 0.6 is 0 Å². The van der Waals surface area contributed by atoms with Crippen LogP contribution in [0.4, 0.5) is 0 Å². The average molecular weight is 311 g/mol. The molecule has 126 valence electrons. The zero-order valence-corrected chi connectivity index (χ0v) is 15.9. The Balaban J connectivity index is 2.77. The predicted molar refractivity (Wildman–Crippen MR) is 105 cm³/mol. The van der Waals surface area contributed by atoms with Crippen LogP contribution in [-0.4, -0.2) is 0 Å². The van der Waals surface area contributed by atoms with Gasteiger partial charge in [0.15, 0.2) is 0 Å². The van der Waals surface area contributed by atoms with Crippen molar-refractivity contribution in [1.82, 2.24) is 0 Å². The van der Waals surface area contributed by atoms with Gasteiger partial charge in [0, 0.05) is 0 Å². The minimum absolute atomic E-state index is 0.484. The molecule has 0 radical (unpaired) electrons. The van der Waals surface area contributed by atoms with E-state index in [2.05, 4.69) is 78.5 Å². The largest absolute Gasteiger partial charge is 0.0988 e. The molecule has 0 heteroatoms. The first-order valence-corrected chi connectivity index (χ1v) is 8.87. The number of allylic oxidation sites excluding steroid dienone is 11. The monoisotopic (exact) mass is 310 g/mol. The van der Waals surface area contributed by atoms with Crippen LogP contribution in [0.15, 0.2) is 70.9 Å². The van der Waals surface area contributed by atoms with Crippen molar-refractivity contribution < 1.29 is 0 Å². The van der Waals surface area contributed by atoms with Crippen molar-refractivity contribution in [3.8, 4) is 0 Å². The summed E-state index contributed by atoms with van der Waals surface area (Å²) in [6.45, 7) is 17.3. The van der Waals surface area contributed by atoms with Gasteiger partial charge < -0.3 is 0 Å². The molecule has 23 heavy (non-hydrogen) atoms. The second-order valence-corrected chi connectivity index (χ2v) is 7.30. The van der Waals surface area contributed by atoms with Gasteiger partial charge >= 0.3 is 0 Å². The molecule has 1 aliphatic rings. The Kier molecular flexibility index (Phi) is 8.09. The lowest BCUT2D eigenvalue weighted by Crippen LogP contribution is -1.95. The third-order valence-electron chi connectivity index (χ3n) is 4.33. The Bertz CT molecular complexity index is 557. The quantitative estimate of drug-likeness (QED) is 0.341. The number of hydrogen-bond donors (Lipinski definition) is 0. The fourth-order valence-electron chi connectivity index (χ4n) is 2.91. The molecule has 1 rings (SSSR count). The van der Waals surface area contributed by atoms with Gasteiger partial charge in [-0.25, -0.2) is 0 Å². The zero-order valence-electron chi connectivity index (χ0n) is 15.9. The van der Waals surface area contributed by atoms with Gasteiger partial charge in [-0.15, -0.1) is 0 Å². The highest BCUT2D eigenvalue weighted by molar-refractivity contribution is 5.47. The van der Waals surface area contributed by atoms with E-state index in [9.17, 15) is 0 Å². The summed E-state index contributed by atoms with van der Waals surface area (Å²) >= 11 is 0. The maximum Gasteiger partial charge on any atom is -0.00671 e. The van der Waals surface area contributed by atoms with E-state index in [-0.39, 0.29) is 0 Å². The van der Waals surface area contributed by atoms with Crippen LogP contribution in [-0.2, 0) is 0 Å². The van der Waals surface area contributed by atoms with Crippen LogP contribution in [0.25, 0.3) is 0 Å². The molecule has 0 amide bonds. The molecule has 1 aliphatic carbocycles. The molecule has 0 aromatic rings. The third kappa shape index (κ3) is 7.50. The molecular weight excluding hydrogens is 276 g/mol. The van der Waals surface area contributed by atoms with E-state index in [1.807, 2.05) is 6.08 Å². The van der Waals surface area contributed by atoms with Gasteiger partial charge in [-0.3, -0.25) is 0 Å². The van der Waals surface area contributed by atoms with Crippen molar-refractivity contribution in [1.29, 1.82) is 0 Å². The van der Waals surface area contributed by atoms with Gasteiger partial charge in [0.1, 0.15) is 0 Å². The molecule has 0 N–H and O–H groups in total. The molecule has 0 aromatic heterocycles. The van der Waals surface area contributed by atoms with Crippen LogP contribution < -0.4 is 0 Å². The molecule has 0 fully saturated rings. The maximum absolute atomic E-state index is 4.02. The van der Waals surface area contributed by atoms with E-state index >= 15 is 0 Å². The SMILES string of the molecule is C=C/C(=C\C1=CC(C)C=C(C)C=C1C)CCC(C)CC=C(C)C. The maximum atomic E-state index is 4.02. The van der Waals surface area contributed by atoms with Gasteiger partial charge in [-0.05, 0) is 75.5 Å². The Morgan fingerprint density at radius 1 is 1.26 bits per heavy atom. The van der Waals surface area contributed by atoms with Gasteiger partial charge in [0.2, 0.25) is 0 Å². The van der Waals surface area contributed by atoms with Gasteiger partial charge in [-0.1, -0.05) is 68.0 Å². The number of hydrogen-bond acceptors (Lipinski definition) is 0. The molecule has 0 saturated carbocycles. The molecule has 0 spiro atoms. The van der Waals surface area contributed by atoms with Crippen molar-refractivity contribution in [3.05, 3.63) is 70.9 Å². The lowest BCUT2D eigenvalue weighted by Gasteiger charge is -2.11. The first-order valence-electron chi connectivity index (χ1n) is 8.87. The topological polar surface area (TPSA) is 0 Å². The molecule has 2 atom stereocenters. The lowest BCUT2D eigenvalue weighted by molar-refractivity contribution is 0.540. The Labute approximate surface area is 144 Å². The van der Waals surface area contributed by atoms with Crippen LogP contribution in [0.2, 0.25) is 0 Å². The summed E-state index contributed by atoms with van der Waals surface area (Å²) in [7, 11) is 0. The highest BCUT2D eigenvalue weighted by Gasteiger charge is 2.07. The van der Waals surface area contributed by atoms with E-state index < -0.39 is 0 Å². The van der Waals surface area contributed by atoms with Crippen molar-refractivity contribution in [2.45, 2.75) is 60.8 Å². The lowest BCUT2D eigenvalue weighted by atomic mass is 9.94. The second-order valence-electron chi connectivity index (χ2n) is 7.30. The van der Waals surface area contributed by atoms with E-state index in [4.69, 9.17) is 0 Å². The van der Waals surface area contributed by atoms with Crippen molar-refractivity contribution in [2.75, 3.05) is 0 Å². The summed E-state index contributed by atoms with van der Waals surface area (Å²) in [6.07, 6.45) is 17.2. The molecule has 0 bridgehead atoms. The van der Waals surface area contributed by atoms with Crippen LogP contribution in [0.5, 0.6) is 0 Å². The normalized spacial score (nSPS) is 20.0. The van der Waals surface area contributed by atoms with Gasteiger partial charge in [0.05, 0.1) is 0 Å². The van der Waals surface area contributed by atoms with Crippen molar-refractivity contribution >= 4 is 0 Å². The Morgan fingerprint density at radius 3 is 2.57 bits per heavy atom. The van der Waals surface area contributed by atoms with Crippen molar-refractivity contribution in [2.24, 2.45) is 11.8 Å². The zero-order chi connectivity index (χ0) is 17.4. The smallest absolute Gasteiger partial charge is 0.00671 e. The van der Waals surface area contributed by atoms with Crippen molar-refractivity contribution in [3.63, 3.8) is 0 Å². The van der Waals surface area contributed by atoms with Crippen LogP contribution in [0, 0.1) is 11.8 Å². The van der Waals surface area contributed by atoms with E-state index in [0.717, 1.165) is 12.3 Å². The molecule has 0 nitrogen and oxygen atoms in total. The standard InChI is InChI=1S/C23H34/c1-8-22(12-11-18(4)10-9-17(2)3)16-23-15-20(6)13-19(5)14-21(23)7/h8-9,13-16,18,20H,1,10-12H2,2-7H3/b22-16+. The number of rotatable bonds is 7. The molecular formula is C23H34. The predicted octanol–water partition coefficient (Wildman–Crippen LogP) is 7.34. The second kappa shape index (κ2) is 9.55. The summed E-state index contributed by atoms with van der Waals surface area (Å²) in [5.74, 6) is 1.20. The third-order valence-corrected chi connectivity index (χ3v) is 4.33. The molecule has 0 aliphatic heterocycles. The molecule has 0 aromatic carbocycles. The molecule has 0 saturated heterocycles. The van der Waals surface area contributed by atoms with Crippen LogP contribution in [0.3, 0.4) is 0 Å². The summed E-state index contributed by atoms with van der Waals surface area (Å²) in [5, 5.41) is 0. The first-order chi connectivity index (χ1) is 10.8. The first kappa shape index (κ1) is 19.5.